The average Bonchev–Trinajstić information content (AvgIpc) is 3.68. The lowest BCUT2D eigenvalue weighted by molar-refractivity contribution is -0.149. The van der Waals surface area contributed by atoms with Crippen LogP contribution in [0.3, 0.4) is 0 Å². The zero-order chi connectivity index (χ0) is 39.8. The zero-order valence-corrected chi connectivity index (χ0v) is 32.0. The fourth-order valence-electron chi connectivity index (χ4n) is 7.17. The number of hydrogen-bond donors (Lipinski definition) is 5. The molecule has 3 atom stereocenters. The highest BCUT2D eigenvalue weighted by molar-refractivity contribution is 6.30. The molecule has 0 bridgehead atoms. The molecule has 2 aliphatic rings. The molecule has 0 radical (unpaired) electrons. The Kier molecular flexibility index (Phi) is 17.2. The van der Waals surface area contributed by atoms with Crippen molar-refractivity contribution in [2.75, 3.05) is 32.7 Å². The lowest BCUT2D eigenvalue weighted by atomic mass is 9.84. The van der Waals surface area contributed by atoms with Gasteiger partial charge in [0.2, 0.25) is 5.91 Å². The molecule has 0 saturated carbocycles. The number of ketones is 1. The summed E-state index contributed by atoms with van der Waals surface area (Å²) in [6.45, 7) is 3.28. The van der Waals surface area contributed by atoms with E-state index in [1.165, 1.54) is 29.2 Å². The Morgan fingerprint density at radius 2 is 1.55 bits per heavy atom. The summed E-state index contributed by atoms with van der Waals surface area (Å²) in [6, 6.07) is 20.2. The smallest absolute Gasteiger partial charge is 0.326 e. The van der Waals surface area contributed by atoms with Gasteiger partial charge in [0.25, 0.3) is 0 Å². The number of unbranched alkanes of at least 4 members (excludes halogenated alkanes) is 1. The molecule has 2 heterocycles. The summed E-state index contributed by atoms with van der Waals surface area (Å²) in [6.07, 6.45) is 6.31. The van der Waals surface area contributed by atoms with Crippen molar-refractivity contribution in [2.24, 2.45) is 5.73 Å². The maximum Gasteiger partial charge on any atom is 0.326 e. The standard InChI is InChI=1S/C21H23ClFNO2.C21H31N3O5/c22-18-7-5-17(6-8-18)21(26)11-14-24(15-12-21)13-1-2-20(25)16-3-9-19(23)10-4-16;22-13-5-4-9-16(19(25)24-14-6-10-18(24)21(28)29)23-17(20(26)27)12-11-15-7-2-1-3-8-15/h3-10,26H,1-2,11-15H2;1-3,7-8,16-18,23H,4-6,9-14,22H2,(H,26,27)(H,28,29)/t;16-,17-,18-/m.0/s1. The van der Waals surface area contributed by atoms with Gasteiger partial charge in [0.15, 0.2) is 5.78 Å². The number of halogens is 2. The first-order valence-corrected chi connectivity index (χ1v) is 19.5. The number of hydrogen-bond acceptors (Lipinski definition) is 8. The molecule has 6 N–H and O–H groups in total. The van der Waals surface area contributed by atoms with Crippen LogP contribution in [0.2, 0.25) is 5.02 Å². The van der Waals surface area contributed by atoms with Crippen molar-refractivity contribution in [3.8, 4) is 0 Å². The number of aliphatic carboxylic acids is 2. The number of carbonyl (C=O) groups is 4. The Hall–Kier alpha value is -4.20. The number of nitrogens with zero attached hydrogens (tertiary/aromatic N) is 2. The summed E-state index contributed by atoms with van der Waals surface area (Å²) in [5.74, 6) is -2.66. The molecule has 3 aromatic rings. The number of carboxylic acid groups (broad SMARTS) is 2. The maximum absolute atomic E-state index is 13.1. The van der Waals surface area contributed by atoms with Crippen LogP contribution in [-0.4, -0.2) is 99.6 Å². The van der Waals surface area contributed by atoms with Gasteiger partial charge in [0.1, 0.15) is 17.9 Å². The number of Topliss-reactive ketones (excluding diaryl/α,β-unsaturated/α-hetero) is 1. The predicted molar refractivity (Wildman–Crippen MR) is 209 cm³/mol. The number of benzene rings is 3. The Balaban J connectivity index is 0.000000246. The molecule has 5 rings (SSSR count). The van der Waals surface area contributed by atoms with Crippen LogP contribution in [0.5, 0.6) is 0 Å². The average molecular weight is 781 g/mol. The zero-order valence-electron chi connectivity index (χ0n) is 31.3. The summed E-state index contributed by atoms with van der Waals surface area (Å²) < 4.78 is 12.9. The minimum Gasteiger partial charge on any atom is -0.480 e. The second kappa shape index (κ2) is 21.8. The van der Waals surface area contributed by atoms with Gasteiger partial charge >= 0.3 is 11.9 Å². The second-order valence-electron chi connectivity index (χ2n) is 14.4. The van der Waals surface area contributed by atoms with Gasteiger partial charge in [-0.3, -0.25) is 19.7 Å². The van der Waals surface area contributed by atoms with Crippen molar-refractivity contribution in [2.45, 2.75) is 94.4 Å². The lowest BCUT2D eigenvalue weighted by Gasteiger charge is -2.38. The van der Waals surface area contributed by atoms with E-state index < -0.39 is 35.7 Å². The first-order chi connectivity index (χ1) is 26.4. The molecule has 11 nitrogen and oxygen atoms in total. The number of likely N-dealkylation sites (tertiary alicyclic amines) is 2. The second-order valence-corrected chi connectivity index (χ2v) is 14.8. The molecular weight excluding hydrogens is 727 g/mol. The Bertz CT molecular complexity index is 1670. The highest BCUT2D eigenvalue weighted by Gasteiger charge is 2.38. The predicted octanol–water partition coefficient (Wildman–Crippen LogP) is 5.66. The number of aryl methyl sites for hydroxylation is 1. The van der Waals surface area contributed by atoms with Gasteiger partial charge in [0, 0.05) is 36.6 Å². The van der Waals surface area contributed by atoms with Gasteiger partial charge in [-0.05, 0) is 118 Å². The number of piperidine rings is 1. The molecule has 2 aliphatic heterocycles. The highest BCUT2D eigenvalue weighted by Crippen LogP contribution is 2.33. The van der Waals surface area contributed by atoms with Crippen LogP contribution in [0.15, 0.2) is 78.9 Å². The molecule has 3 aromatic carbocycles. The molecule has 2 saturated heterocycles. The molecule has 0 aliphatic carbocycles. The van der Waals surface area contributed by atoms with Crippen molar-refractivity contribution < 1.29 is 38.9 Å². The third kappa shape index (κ3) is 13.5. The van der Waals surface area contributed by atoms with E-state index in [9.17, 15) is 38.9 Å². The summed E-state index contributed by atoms with van der Waals surface area (Å²) >= 11 is 5.92. The molecular formula is C42H54ClFN4O7. The van der Waals surface area contributed by atoms with E-state index >= 15 is 0 Å². The Morgan fingerprint density at radius 1 is 0.873 bits per heavy atom. The molecule has 2 fully saturated rings. The van der Waals surface area contributed by atoms with Crippen LogP contribution in [0.4, 0.5) is 4.39 Å². The largest absolute Gasteiger partial charge is 0.480 e. The first kappa shape index (κ1) is 43.5. The molecule has 0 spiro atoms. The highest BCUT2D eigenvalue weighted by atomic mass is 35.5. The number of nitrogens with two attached hydrogens (primary N) is 1. The number of rotatable bonds is 18. The number of nitrogens with one attached hydrogen (secondary N) is 1. The van der Waals surface area contributed by atoms with Gasteiger partial charge in [-0.15, -0.1) is 0 Å². The van der Waals surface area contributed by atoms with E-state index in [1.54, 1.807) is 0 Å². The summed E-state index contributed by atoms with van der Waals surface area (Å²) in [7, 11) is 0. The van der Waals surface area contributed by atoms with Crippen molar-refractivity contribution in [1.82, 2.24) is 15.1 Å². The Labute approximate surface area is 327 Å². The number of aliphatic hydroxyl groups is 1. The van der Waals surface area contributed by atoms with Crippen molar-refractivity contribution >= 4 is 35.2 Å². The van der Waals surface area contributed by atoms with Crippen LogP contribution >= 0.6 is 11.6 Å². The summed E-state index contributed by atoms with van der Waals surface area (Å²) in [5.41, 5.74) is 7.24. The van der Waals surface area contributed by atoms with Crippen LogP contribution in [0.25, 0.3) is 0 Å². The number of amides is 1. The van der Waals surface area contributed by atoms with Crippen LogP contribution in [0, 0.1) is 5.82 Å². The molecule has 1 amide bonds. The number of carboxylic acids is 2. The van der Waals surface area contributed by atoms with E-state index in [2.05, 4.69) is 10.2 Å². The van der Waals surface area contributed by atoms with Crippen molar-refractivity contribution in [3.63, 3.8) is 0 Å². The quantitative estimate of drug-likeness (QED) is 0.0801. The number of carbonyl (C=O) groups excluding carboxylic acids is 2. The van der Waals surface area contributed by atoms with Gasteiger partial charge in [-0.2, -0.15) is 0 Å². The van der Waals surface area contributed by atoms with E-state index in [0.717, 1.165) is 43.6 Å². The van der Waals surface area contributed by atoms with E-state index in [-0.39, 0.29) is 17.5 Å². The molecule has 0 unspecified atom stereocenters. The fourth-order valence-corrected chi connectivity index (χ4v) is 7.30. The molecule has 55 heavy (non-hydrogen) atoms. The summed E-state index contributed by atoms with van der Waals surface area (Å²) in [5, 5.41) is 33.6. The minimum atomic E-state index is -1.02. The fraction of sp³-hybridized carbons (Fsp3) is 0.476. The van der Waals surface area contributed by atoms with Gasteiger partial charge in [0.05, 0.1) is 11.6 Å². The van der Waals surface area contributed by atoms with E-state index in [1.807, 2.05) is 54.6 Å². The topological polar surface area (TPSA) is 173 Å². The van der Waals surface area contributed by atoms with Gasteiger partial charge < -0.3 is 30.9 Å². The maximum atomic E-state index is 13.1. The monoisotopic (exact) mass is 780 g/mol. The normalized spacial score (nSPS) is 17.8. The minimum absolute atomic E-state index is 0.0414. The van der Waals surface area contributed by atoms with Crippen molar-refractivity contribution in [3.05, 3.63) is 106 Å². The van der Waals surface area contributed by atoms with Crippen LogP contribution in [0.1, 0.15) is 85.7 Å². The van der Waals surface area contributed by atoms with Crippen LogP contribution in [-0.2, 0) is 26.4 Å². The SMILES string of the molecule is NCCCC[C@H](N[C@@H](CCc1ccccc1)C(=O)O)C(=O)N1CCC[C@H]1C(=O)O.O=C(CCCN1CCC(O)(c2ccc(Cl)cc2)CC1)c1ccc(F)cc1. The van der Waals surface area contributed by atoms with Gasteiger partial charge in [-0.25, -0.2) is 9.18 Å². The molecule has 13 heteroatoms. The van der Waals surface area contributed by atoms with E-state index in [4.69, 9.17) is 17.3 Å². The third-order valence-corrected chi connectivity index (χ3v) is 10.7. The lowest BCUT2D eigenvalue weighted by Crippen LogP contribution is -2.54. The molecule has 298 valence electrons. The first-order valence-electron chi connectivity index (χ1n) is 19.2. The molecule has 0 aromatic heterocycles. The Morgan fingerprint density at radius 3 is 2.16 bits per heavy atom. The van der Waals surface area contributed by atoms with Gasteiger partial charge in [-0.1, -0.05) is 60.5 Å². The third-order valence-electron chi connectivity index (χ3n) is 10.4. The van der Waals surface area contributed by atoms with Crippen LogP contribution < -0.4 is 11.1 Å². The van der Waals surface area contributed by atoms with Crippen molar-refractivity contribution in [1.29, 1.82) is 0 Å². The summed E-state index contributed by atoms with van der Waals surface area (Å²) in [4.78, 5) is 52.1. The van der Waals surface area contributed by atoms with E-state index in [0.29, 0.717) is 81.5 Å².